The minimum atomic E-state index is -0.279. The van der Waals surface area contributed by atoms with Crippen LogP contribution in [0, 0.1) is 5.82 Å². The first-order valence-electron chi connectivity index (χ1n) is 5.13. The molecule has 0 saturated heterocycles. The molecule has 1 aromatic heterocycles. The highest BCUT2D eigenvalue weighted by Gasteiger charge is 2.05. The monoisotopic (exact) mass is 299 g/mol. The van der Waals surface area contributed by atoms with Gasteiger partial charge in [-0.1, -0.05) is 21.1 Å². The fourth-order valence-corrected chi connectivity index (χ4v) is 1.86. The topological polar surface area (TPSA) is 50.9 Å². The van der Waals surface area contributed by atoms with Crippen molar-refractivity contribution in [2.75, 3.05) is 6.61 Å². The molecule has 2 rings (SSSR count). The smallest absolute Gasteiger partial charge is 0.123 e. The normalized spacial score (nSPS) is 10.8. The second-order valence-corrected chi connectivity index (χ2v) is 4.47. The Kier molecular flexibility index (Phi) is 3.86. The standard InChI is InChI=1S/C11H11BrFN3O/c12-11-2-1-9(13)5-8(11)6-16-7-10(3-4-17)14-15-16/h1-2,5,7,17H,3-4,6H2. The summed E-state index contributed by atoms with van der Waals surface area (Å²) in [6.45, 7) is 0.485. The van der Waals surface area contributed by atoms with E-state index in [0.29, 0.717) is 13.0 Å². The van der Waals surface area contributed by atoms with Gasteiger partial charge in [0.2, 0.25) is 0 Å². The van der Waals surface area contributed by atoms with Crippen LogP contribution in [0.15, 0.2) is 28.9 Å². The van der Waals surface area contributed by atoms with E-state index in [1.165, 1.54) is 12.1 Å². The average Bonchev–Trinajstić information content (AvgIpc) is 2.72. The first kappa shape index (κ1) is 12.2. The van der Waals surface area contributed by atoms with Crippen LogP contribution in [0.3, 0.4) is 0 Å². The highest BCUT2D eigenvalue weighted by atomic mass is 79.9. The van der Waals surface area contributed by atoms with E-state index in [1.54, 1.807) is 16.9 Å². The first-order valence-corrected chi connectivity index (χ1v) is 5.92. The maximum Gasteiger partial charge on any atom is 0.123 e. The number of aliphatic hydroxyl groups excluding tert-OH is 1. The Morgan fingerprint density at radius 1 is 1.41 bits per heavy atom. The van der Waals surface area contributed by atoms with Crippen molar-refractivity contribution in [1.82, 2.24) is 15.0 Å². The molecule has 0 unspecified atom stereocenters. The molecule has 1 aromatic carbocycles. The summed E-state index contributed by atoms with van der Waals surface area (Å²) in [5.41, 5.74) is 1.52. The van der Waals surface area contributed by atoms with E-state index >= 15 is 0 Å². The van der Waals surface area contributed by atoms with Crippen LogP contribution in [0.5, 0.6) is 0 Å². The quantitative estimate of drug-likeness (QED) is 0.936. The maximum atomic E-state index is 13.1. The van der Waals surface area contributed by atoms with Gasteiger partial charge in [-0.2, -0.15) is 0 Å². The third kappa shape index (κ3) is 3.10. The number of benzene rings is 1. The molecule has 2 aromatic rings. The van der Waals surface area contributed by atoms with Gasteiger partial charge in [0.05, 0.1) is 12.2 Å². The van der Waals surface area contributed by atoms with Crippen LogP contribution in [0.25, 0.3) is 0 Å². The summed E-state index contributed by atoms with van der Waals surface area (Å²) in [6.07, 6.45) is 2.22. The third-order valence-corrected chi connectivity index (χ3v) is 3.07. The average molecular weight is 300 g/mol. The highest BCUT2D eigenvalue weighted by Crippen LogP contribution is 2.18. The number of hydrogen-bond acceptors (Lipinski definition) is 3. The SMILES string of the molecule is OCCc1cn(Cc2cc(F)ccc2Br)nn1. The van der Waals surface area contributed by atoms with Gasteiger partial charge in [-0.3, -0.25) is 0 Å². The van der Waals surface area contributed by atoms with Crippen molar-refractivity contribution in [3.63, 3.8) is 0 Å². The highest BCUT2D eigenvalue weighted by molar-refractivity contribution is 9.10. The van der Waals surface area contributed by atoms with Crippen LogP contribution >= 0.6 is 15.9 Å². The van der Waals surface area contributed by atoms with E-state index in [4.69, 9.17) is 5.11 Å². The lowest BCUT2D eigenvalue weighted by Gasteiger charge is -2.03. The molecule has 17 heavy (non-hydrogen) atoms. The van der Waals surface area contributed by atoms with Crippen molar-refractivity contribution in [3.8, 4) is 0 Å². The van der Waals surface area contributed by atoms with Gasteiger partial charge in [0.1, 0.15) is 5.82 Å². The lowest BCUT2D eigenvalue weighted by molar-refractivity contribution is 0.298. The Bertz CT molecular complexity index is 515. The van der Waals surface area contributed by atoms with Gasteiger partial charge in [0.25, 0.3) is 0 Å². The van der Waals surface area contributed by atoms with Crippen molar-refractivity contribution < 1.29 is 9.50 Å². The fraction of sp³-hybridized carbons (Fsp3) is 0.273. The Labute approximate surface area is 106 Å². The zero-order chi connectivity index (χ0) is 12.3. The van der Waals surface area contributed by atoms with E-state index in [9.17, 15) is 4.39 Å². The van der Waals surface area contributed by atoms with Gasteiger partial charge in [-0.25, -0.2) is 9.07 Å². The molecule has 0 aliphatic heterocycles. The molecule has 6 heteroatoms. The largest absolute Gasteiger partial charge is 0.396 e. The Morgan fingerprint density at radius 3 is 3.00 bits per heavy atom. The van der Waals surface area contributed by atoms with Crippen molar-refractivity contribution in [3.05, 3.63) is 45.9 Å². The molecule has 90 valence electrons. The van der Waals surface area contributed by atoms with E-state index in [2.05, 4.69) is 26.2 Å². The summed E-state index contributed by atoms with van der Waals surface area (Å²) in [6, 6.07) is 4.51. The molecular weight excluding hydrogens is 289 g/mol. The van der Waals surface area contributed by atoms with Crippen LogP contribution in [-0.4, -0.2) is 26.7 Å². The maximum absolute atomic E-state index is 13.1. The minimum Gasteiger partial charge on any atom is -0.396 e. The molecule has 0 amide bonds. The molecule has 0 aliphatic rings. The van der Waals surface area contributed by atoms with Gasteiger partial charge in [-0.05, 0) is 23.8 Å². The summed E-state index contributed by atoms with van der Waals surface area (Å²) in [7, 11) is 0. The molecule has 0 fully saturated rings. The lowest BCUT2D eigenvalue weighted by Crippen LogP contribution is -2.01. The van der Waals surface area contributed by atoms with Crippen molar-refractivity contribution in [2.24, 2.45) is 0 Å². The third-order valence-electron chi connectivity index (χ3n) is 2.29. The molecular formula is C11H11BrFN3O. The molecule has 0 radical (unpaired) electrons. The van der Waals surface area contributed by atoms with Crippen molar-refractivity contribution >= 4 is 15.9 Å². The lowest BCUT2D eigenvalue weighted by atomic mass is 10.2. The molecule has 0 saturated carbocycles. The number of aliphatic hydroxyl groups is 1. The fourth-order valence-electron chi connectivity index (χ4n) is 1.48. The van der Waals surface area contributed by atoms with E-state index < -0.39 is 0 Å². The van der Waals surface area contributed by atoms with Gasteiger partial charge < -0.3 is 5.11 Å². The summed E-state index contributed by atoms with van der Waals surface area (Å²) in [5, 5.41) is 16.6. The van der Waals surface area contributed by atoms with Crippen LogP contribution < -0.4 is 0 Å². The number of hydrogen-bond donors (Lipinski definition) is 1. The first-order chi connectivity index (χ1) is 8.19. The van der Waals surface area contributed by atoms with E-state index in [0.717, 1.165) is 15.7 Å². The van der Waals surface area contributed by atoms with Gasteiger partial charge >= 0.3 is 0 Å². The van der Waals surface area contributed by atoms with Gasteiger partial charge in [0, 0.05) is 23.7 Å². The molecule has 4 nitrogen and oxygen atoms in total. The summed E-state index contributed by atoms with van der Waals surface area (Å²) in [4.78, 5) is 0. The predicted molar refractivity (Wildman–Crippen MR) is 64.0 cm³/mol. The zero-order valence-corrected chi connectivity index (χ0v) is 10.6. The molecule has 1 heterocycles. The van der Waals surface area contributed by atoms with Gasteiger partial charge in [0.15, 0.2) is 0 Å². The molecule has 0 aliphatic carbocycles. The second-order valence-electron chi connectivity index (χ2n) is 3.62. The molecule has 0 atom stereocenters. The minimum absolute atomic E-state index is 0.0440. The molecule has 0 bridgehead atoms. The van der Waals surface area contributed by atoms with Crippen molar-refractivity contribution in [1.29, 1.82) is 0 Å². The zero-order valence-electron chi connectivity index (χ0n) is 8.98. The van der Waals surface area contributed by atoms with Crippen LogP contribution in [0.4, 0.5) is 4.39 Å². The number of nitrogens with zero attached hydrogens (tertiary/aromatic N) is 3. The summed E-state index contributed by atoms with van der Waals surface area (Å²) >= 11 is 3.36. The number of halogens is 2. The van der Waals surface area contributed by atoms with Gasteiger partial charge in [-0.15, -0.1) is 5.10 Å². The summed E-state index contributed by atoms with van der Waals surface area (Å²) in [5.74, 6) is -0.279. The van der Waals surface area contributed by atoms with Crippen LogP contribution in [0.2, 0.25) is 0 Å². The second kappa shape index (κ2) is 5.37. The van der Waals surface area contributed by atoms with E-state index in [1.807, 2.05) is 0 Å². The Balaban J connectivity index is 2.16. The van der Waals surface area contributed by atoms with Crippen molar-refractivity contribution in [2.45, 2.75) is 13.0 Å². The van der Waals surface area contributed by atoms with E-state index in [-0.39, 0.29) is 12.4 Å². The Hall–Kier alpha value is -1.27. The molecule has 0 spiro atoms. The summed E-state index contributed by atoms with van der Waals surface area (Å²) < 4.78 is 15.5. The Morgan fingerprint density at radius 2 is 2.24 bits per heavy atom. The van der Waals surface area contributed by atoms with Crippen LogP contribution in [-0.2, 0) is 13.0 Å². The number of rotatable bonds is 4. The van der Waals surface area contributed by atoms with Crippen LogP contribution in [0.1, 0.15) is 11.3 Å². The predicted octanol–water partition coefficient (Wildman–Crippen LogP) is 1.76. The molecule has 1 N–H and O–H groups in total. The number of aromatic nitrogens is 3.